The van der Waals surface area contributed by atoms with Crippen molar-refractivity contribution in [1.82, 2.24) is 5.32 Å². The lowest BCUT2D eigenvalue weighted by Gasteiger charge is -2.08. The number of carbonyl (C=O) groups excluding carboxylic acids is 2. The Balaban J connectivity index is 1.88. The molecule has 2 aromatic carbocycles. The Morgan fingerprint density at radius 3 is 2.38 bits per heavy atom. The fourth-order valence-electron chi connectivity index (χ4n) is 1.62. The molecule has 0 bridgehead atoms. The average Bonchev–Trinajstić information content (AvgIpc) is 2.48. The summed E-state index contributed by atoms with van der Waals surface area (Å²) in [5, 5.41) is 5.13. The van der Waals surface area contributed by atoms with Gasteiger partial charge in [0, 0.05) is 10.0 Å². The second-order valence-corrected chi connectivity index (χ2v) is 5.07. The maximum Gasteiger partial charge on any atom is 0.251 e. The Kier molecular flexibility index (Phi) is 5.05. The molecule has 0 spiro atoms. The van der Waals surface area contributed by atoms with Gasteiger partial charge in [-0.2, -0.15) is 0 Å². The molecule has 4 nitrogen and oxygen atoms in total. The Labute approximate surface area is 129 Å². The summed E-state index contributed by atoms with van der Waals surface area (Å²) in [7, 11) is 0. The van der Waals surface area contributed by atoms with Crippen molar-refractivity contribution in [2.75, 3.05) is 11.9 Å². The van der Waals surface area contributed by atoms with Gasteiger partial charge < -0.3 is 10.6 Å². The van der Waals surface area contributed by atoms with Crippen molar-refractivity contribution >= 4 is 33.4 Å². The molecule has 0 unspecified atom stereocenters. The molecule has 0 aliphatic carbocycles. The molecule has 2 amide bonds. The highest BCUT2D eigenvalue weighted by atomic mass is 79.9. The molecule has 108 valence electrons. The third kappa shape index (κ3) is 4.39. The van der Waals surface area contributed by atoms with E-state index in [-0.39, 0.29) is 12.5 Å². The van der Waals surface area contributed by atoms with Crippen molar-refractivity contribution in [2.45, 2.75) is 0 Å². The highest BCUT2D eigenvalue weighted by molar-refractivity contribution is 9.10. The summed E-state index contributed by atoms with van der Waals surface area (Å²) in [5.74, 6) is -1.20. The minimum absolute atomic E-state index is 0.169. The van der Waals surface area contributed by atoms with Crippen LogP contribution in [0.5, 0.6) is 0 Å². The van der Waals surface area contributed by atoms with E-state index in [1.807, 2.05) is 6.07 Å². The normalized spacial score (nSPS) is 10.0. The Bertz CT molecular complexity index is 659. The molecule has 0 atom stereocenters. The van der Waals surface area contributed by atoms with Crippen LogP contribution in [0.1, 0.15) is 10.4 Å². The molecular weight excluding hydrogens is 339 g/mol. The number of carbonyl (C=O) groups is 2. The van der Waals surface area contributed by atoms with Crippen LogP contribution in [0.15, 0.2) is 53.0 Å². The van der Waals surface area contributed by atoms with E-state index in [1.54, 1.807) is 18.2 Å². The minimum Gasteiger partial charge on any atom is -0.343 e. The standard InChI is InChI=1S/C15H12BrFN2O2/c16-12-3-1-2-4-13(12)19-14(20)9-18-15(21)10-5-7-11(17)8-6-10/h1-8H,9H2,(H,18,21)(H,19,20). The van der Waals surface area contributed by atoms with Gasteiger partial charge in [0.1, 0.15) is 5.82 Å². The number of anilines is 1. The van der Waals surface area contributed by atoms with Crippen LogP contribution in [0, 0.1) is 5.82 Å². The molecule has 0 aromatic heterocycles. The van der Waals surface area contributed by atoms with Crippen LogP contribution in [0.4, 0.5) is 10.1 Å². The average molecular weight is 351 g/mol. The zero-order valence-corrected chi connectivity index (χ0v) is 12.5. The summed E-state index contributed by atoms with van der Waals surface area (Å²) in [6.45, 7) is -0.169. The van der Waals surface area contributed by atoms with E-state index in [4.69, 9.17) is 0 Å². The Morgan fingerprint density at radius 2 is 1.71 bits per heavy atom. The third-order valence-electron chi connectivity index (χ3n) is 2.66. The summed E-state index contributed by atoms with van der Waals surface area (Å²) in [6.07, 6.45) is 0. The van der Waals surface area contributed by atoms with E-state index in [9.17, 15) is 14.0 Å². The van der Waals surface area contributed by atoms with Gasteiger partial charge in [0.05, 0.1) is 12.2 Å². The predicted octanol–water partition coefficient (Wildman–Crippen LogP) is 2.96. The zero-order chi connectivity index (χ0) is 15.2. The number of hydrogen-bond acceptors (Lipinski definition) is 2. The summed E-state index contributed by atoms with van der Waals surface area (Å²) >= 11 is 3.31. The summed E-state index contributed by atoms with van der Waals surface area (Å²) in [6, 6.07) is 12.3. The summed E-state index contributed by atoms with van der Waals surface area (Å²) < 4.78 is 13.5. The molecule has 0 aliphatic heterocycles. The second-order valence-electron chi connectivity index (χ2n) is 4.22. The number of rotatable bonds is 4. The maximum atomic E-state index is 12.7. The molecule has 2 aromatic rings. The molecule has 2 rings (SSSR count). The first-order valence-electron chi connectivity index (χ1n) is 6.14. The van der Waals surface area contributed by atoms with E-state index in [0.29, 0.717) is 11.3 Å². The molecule has 0 aliphatic rings. The lowest BCUT2D eigenvalue weighted by molar-refractivity contribution is -0.115. The quantitative estimate of drug-likeness (QED) is 0.890. The fraction of sp³-hybridized carbons (Fsp3) is 0.0667. The SMILES string of the molecule is O=C(CNC(=O)c1ccc(F)cc1)Nc1ccccc1Br. The molecule has 21 heavy (non-hydrogen) atoms. The number of para-hydroxylation sites is 1. The van der Waals surface area contributed by atoms with Crippen molar-refractivity contribution in [2.24, 2.45) is 0 Å². The highest BCUT2D eigenvalue weighted by Crippen LogP contribution is 2.20. The molecule has 6 heteroatoms. The van der Waals surface area contributed by atoms with E-state index < -0.39 is 11.7 Å². The van der Waals surface area contributed by atoms with Gasteiger partial charge in [-0.15, -0.1) is 0 Å². The summed E-state index contributed by atoms with van der Waals surface area (Å²) in [5.41, 5.74) is 0.920. The smallest absolute Gasteiger partial charge is 0.251 e. The van der Waals surface area contributed by atoms with Gasteiger partial charge >= 0.3 is 0 Å². The Morgan fingerprint density at radius 1 is 1.05 bits per heavy atom. The van der Waals surface area contributed by atoms with Crippen LogP contribution < -0.4 is 10.6 Å². The number of hydrogen-bond donors (Lipinski definition) is 2. The van der Waals surface area contributed by atoms with Crippen molar-refractivity contribution in [3.8, 4) is 0 Å². The van der Waals surface area contributed by atoms with Gasteiger partial charge in [0.2, 0.25) is 5.91 Å². The van der Waals surface area contributed by atoms with Crippen molar-refractivity contribution < 1.29 is 14.0 Å². The van der Waals surface area contributed by atoms with Crippen LogP contribution in [-0.2, 0) is 4.79 Å². The lowest BCUT2D eigenvalue weighted by Crippen LogP contribution is -2.32. The number of benzene rings is 2. The van der Waals surface area contributed by atoms with Crippen LogP contribution >= 0.6 is 15.9 Å². The monoisotopic (exact) mass is 350 g/mol. The first kappa shape index (κ1) is 15.2. The maximum absolute atomic E-state index is 12.7. The van der Waals surface area contributed by atoms with Crippen molar-refractivity contribution in [1.29, 1.82) is 0 Å². The third-order valence-corrected chi connectivity index (χ3v) is 3.36. The highest BCUT2D eigenvalue weighted by Gasteiger charge is 2.09. The minimum atomic E-state index is -0.433. The van der Waals surface area contributed by atoms with Gasteiger partial charge in [0.15, 0.2) is 0 Å². The van der Waals surface area contributed by atoms with Gasteiger partial charge in [-0.05, 0) is 52.3 Å². The first-order chi connectivity index (χ1) is 10.1. The lowest BCUT2D eigenvalue weighted by atomic mass is 10.2. The number of halogens is 2. The first-order valence-corrected chi connectivity index (χ1v) is 6.94. The number of nitrogens with one attached hydrogen (secondary N) is 2. The second kappa shape index (κ2) is 6.99. The molecule has 2 N–H and O–H groups in total. The molecule has 0 heterocycles. The van der Waals surface area contributed by atoms with Crippen LogP contribution in [-0.4, -0.2) is 18.4 Å². The summed E-state index contributed by atoms with van der Waals surface area (Å²) in [4.78, 5) is 23.5. The topological polar surface area (TPSA) is 58.2 Å². The zero-order valence-electron chi connectivity index (χ0n) is 10.9. The van der Waals surface area contributed by atoms with Crippen LogP contribution in [0.25, 0.3) is 0 Å². The van der Waals surface area contributed by atoms with Gasteiger partial charge in [0.25, 0.3) is 5.91 Å². The van der Waals surface area contributed by atoms with Crippen LogP contribution in [0.2, 0.25) is 0 Å². The van der Waals surface area contributed by atoms with Gasteiger partial charge in [-0.25, -0.2) is 4.39 Å². The molecule has 0 fully saturated rings. The predicted molar refractivity (Wildman–Crippen MR) is 81.5 cm³/mol. The molecule has 0 saturated carbocycles. The van der Waals surface area contributed by atoms with E-state index in [2.05, 4.69) is 26.6 Å². The largest absolute Gasteiger partial charge is 0.343 e. The molecule has 0 saturated heterocycles. The van der Waals surface area contributed by atoms with E-state index in [1.165, 1.54) is 24.3 Å². The fourth-order valence-corrected chi connectivity index (χ4v) is 2.00. The van der Waals surface area contributed by atoms with Crippen molar-refractivity contribution in [3.05, 3.63) is 64.4 Å². The van der Waals surface area contributed by atoms with E-state index >= 15 is 0 Å². The van der Waals surface area contributed by atoms with Crippen LogP contribution in [0.3, 0.4) is 0 Å². The van der Waals surface area contributed by atoms with Gasteiger partial charge in [-0.3, -0.25) is 9.59 Å². The number of amides is 2. The van der Waals surface area contributed by atoms with Crippen molar-refractivity contribution in [3.63, 3.8) is 0 Å². The Hall–Kier alpha value is -2.21. The van der Waals surface area contributed by atoms with Gasteiger partial charge in [-0.1, -0.05) is 12.1 Å². The van der Waals surface area contributed by atoms with E-state index in [0.717, 1.165) is 4.47 Å². The molecule has 0 radical (unpaired) electrons. The molecular formula is C15H12BrFN2O2.